The summed E-state index contributed by atoms with van der Waals surface area (Å²) in [4.78, 5) is 37.2. The van der Waals surface area contributed by atoms with Crippen LogP contribution in [-0.2, 0) is 14.3 Å². The van der Waals surface area contributed by atoms with Crippen molar-refractivity contribution in [2.75, 3.05) is 18.5 Å². The maximum atomic E-state index is 12.0. The molecule has 2 rings (SSSR count). The van der Waals surface area contributed by atoms with Crippen molar-refractivity contribution in [1.29, 1.82) is 0 Å². The Bertz CT molecular complexity index is 649. The number of rotatable bonds is 6. The van der Waals surface area contributed by atoms with Crippen molar-refractivity contribution in [2.24, 2.45) is 0 Å². The predicted octanol–water partition coefficient (Wildman–Crippen LogP) is 1.27. The molecule has 1 aromatic rings. The molecule has 3 amide bonds. The number of nitrogens with one attached hydrogen (secondary N) is 2. The smallest absolute Gasteiger partial charge is 0.326 e. The van der Waals surface area contributed by atoms with Gasteiger partial charge in [0.25, 0.3) is 5.91 Å². The van der Waals surface area contributed by atoms with Crippen LogP contribution >= 0.6 is 11.6 Å². The zero-order chi connectivity index (χ0) is 19.1. The first-order valence-corrected chi connectivity index (χ1v) is 8.74. The van der Waals surface area contributed by atoms with Crippen LogP contribution in [0, 0.1) is 0 Å². The zero-order valence-corrected chi connectivity index (χ0v) is 15.5. The third-order valence-corrected chi connectivity index (χ3v) is 4.18. The average Bonchev–Trinajstić information content (AvgIpc) is 3.07. The van der Waals surface area contributed by atoms with Crippen LogP contribution in [0.1, 0.15) is 32.6 Å². The monoisotopic (exact) mass is 383 g/mol. The Labute approximate surface area is 156 Å². The van der Waals surface area contributed by atoms with E-state index in [0.29, 0.717) is 5.82 Å². The van der Waals surface area contributed by atoms with Gasteiger partial charge in [0.2, 0.25) is 0 Å². The number of urea groups is 1. The Morgan fingerprint density at radius 3 is 2.62 bits per heavy atom. The van der Waals surface area contributed by atoms with Crippen LogP contribution in [0.15, 0.2) is 12.1 Å². The Morgan fingerprint density at radius 1 is 1.31 bits per heavy atom. The summed E-state index contributed by atoms with van der Waals surface area (Å²) in [6.45, 7) is 1.26. The van der Waals surface area contributed by atoms with E-state index in [1.165, 1.54) is 11.8 Å². The third-order valence-electron chi connectivity index (χ3n) is 3.98. The van der Waals surface area contributed by atoms with Gasteiger partial charge in [0.05, 0.1) is 0 Å². The molecule has 142 valence electrons. The van der Waals surface area contributed by atoms with E-state index in [9.17, 15) is 14.4 Å². The lowest BCUT2D eigenvalue weighted by Gasteiger charge is -2.19. The number of aromatic nitrogens is 2. The first-order chi connectivity index (χ1) is 12.3. The predicted molar refractivity (Wildman–Crippen MR) is 94.8 cm³/mol. The molecule has 1 atom stereocenters. The fourth-order valence-corrected chi connectivity index (χ4v) is 2.68. The summed E-state index contributed by atoms with van der Waals surface area (Å²) < 4.78 is 5.05. The lowest BCUT2D eigenvalue weighted by atomic mass is 10.2. The van der Waals surface area contributed by atoms with Crippen molar-refractivity contribution in [2.45, 2.75) is 44.8 Å². The van der Waals surface area contributed by atoms with Gasteiger partial charge >= 0.3 is 12.0 Å². The molecule has 1 saturated carbocycles. The maximum absolute atomic E-state index is 12.0. The molecule has 1 aliphatic carbocycles. The molecule has 0 aromatic carbocycles. The van der Waals surface area contributed by atoms with Gasteiger partial charge in [-0.1, -0.05) is 24.4 Å². The normalized spacial score (nSPS) is 15.2. The van der Waals surface area contributed by atoms with E-state index in [1.54, 1.807) is 19.2 Å². The van der Waals surface area contributed by atoms with Gasteiger partial charge in [-0.15, -0.1) is 10.2 Å². The molecule has 0 aliphatic heterocycles. The minimum Gasteiger partial charge on any atom is -0.451 e. The highest BCUT2D eigenvalue weighted by Crippen LogP contribution is 2.17. The molecular formula is C16H22ClN5O4. The van der Waals surface area contributed by atoms with Crippen LogP contribution in [0.3, 0.4) is 0 Å². The molecule has 0 bridgehead atoms. The highest BCUT2D eigenvalue weighted by atomic mass is 35.5. The molecule has 10 heteroatoms. The van der Waals surface area contributed by atoms with Crippen molar-refractivity contribution in [3.8, 4) is 0 Å². The molecule has 1 unspecified atom stereocenters. The molecule has 1 heterocycles. The first-order valence-electron chi connectivity index (χ1n) is 8.36. The number of halogens is 1. The maximum Gasteiger partial charge on any atom is 0.326 e. The van der Waals surface area contributed by atoms with E-state index in [0.717, 1.165) is 25.7 Å². The summed E-state index contributed by atoms with van der Waals surface area (Å²) >= 11 is 5.66. The van der Waals surface area contributed by atoms with Gasteiger partial charge in [-0.3, -0.25) is 14.9 Å². The van der Waals surface area contributed by atoms with Gasteiger partial charge in [0.1, 0.15) is 6.54 Å². The van der Waals surface area contributed by atoms with Crippen LogP contribution in [0.5, 0.6) is 0 Å². The van der Waals surface area contributed by atoms with Crippen molar-refractivity contribution >= 4 is 35.3 Å². The zero-order valence-electron chi connectivity index (χ0n) is 14.7. The van der Waals surface area contributed by atoms with Crippen LogP contribution in [0.2, 0.25) is 5.15 Å². The van der Waals surface area contributed by atoms with Crippen LogP contribution < -0.4 is 15.5 Å². The Kier molecular flexibility index (Phi) is 7.14. The van der Waals surface area contributed by atoms with Crippen LogP contribution in [0.25, 0.3) is 0 Å². The number of ether oxygens (including phenoxy) is 1. The van der Waals surface area contributed by atoms with Gasteiger partial charge in [0, 0.05) is 13.1 Å². The van der Waals surface area contributed by atoms with Crippen molar-refractivity contribution in [1.82, 2.24) is 20.8 Å². The van der Waals surface area contributed by atoms with Crippen LogP contribution in [0.4, 0.5) is 10.6 Å². The number of hydrogen-bond acceptors (Lipinski definition) is 7. The van der Waals surface area contributed by atoms with E-state index in [1.807, 2.05) is 0 Å². The number of anilines is 1. The molecule has 0 saturated heterocycles. The minimum atomic E-state index is -1.10. The summed E-state index contributed by atoms with van der Waals surface area (Å²) in [7, 11) is 1.62. The second-order valence-electron chi connectivity index (χ2n) is 6.15. The van der Waals surface area contributed by atoms with Crippen molar-refractivity contribution in [3.05, 3.63) is 17.3 Å². The Hall–Kier alpha value is -2.42. The van der Waals surface area contributed by atoms with Gasteiger partial charge in [0.15, 0.2) is 17.1 Å². The van der Waals surface area contributed by atoms with E-state index < -0.39 is 24.0 Å². The van der Waals surface area contributed by atoms with Gasteiger partial charge in [-0.2, -0.15) is 0 Å². The van der Waals surface area contributed by atoms with Gasteiger partial charge < -0.3 is 15.0 Å². The number of esters is 1. The Balaban J connectivity index is 1.75. The quantitative estimate of drug-likeness (QED) is 0.711. The fraction of sp³-hybridized carbons (Fsp3) is 0.562. The summed E-state index contributed by atoms with van der Waals surface area (Å²) in [5.41, 5.74) is 0. The number of carbonyl (C=O) groups excluding carboxylic acids is 3. The average molecular weight is 384 g/mol. The second-order valence-corrected chi connectivity index (χ2v) is 6.53. The lowest BCUT2D eigenvalue weighted by Crippen LogP contribution is -2.47. The number of imide groups is 1. The molecular weight excluding hydrogens is 362 g/mol. The van der Waals surface area contributed by atoms with Crippen LogP contribution in [-0.4, -0.2) is 53.8 Å². The molecule has 2 N–H and O–H groups in total. The molecule has 0 spiro atoms. The van der Waals surface area contributed by atoms with E-state index in [-0.39, 0.29) is 17.7 Å². The first kappa shape index (κ1) is 19.9. The summed E-state index contributed by atoms with van der Waals surface area (Å²) in [6.07, 6.45) is 2.86. The Morgan fingerprint density at radius 2 is 2.00 bits per heavy atom. The minimum absolute atomic E-state index is 0.0924. The molecule has 0 radical (unpaired) electrons. The third kappa shape index (κ3) is 6.14. The number of likely N-dealkylation sites (N-methyl/N-ethyl adjacent to an activating group) is 1. The highest BCUT2D eigenvalue weighted by Gasteiger charge is 2.23. The number of hydrogen-bond donors (Lipinski definition) is 2. The lowest BCUT2D eigenvalue weighted by molar-refractivity contribution is -0.153. The molecule has 1 aliphatic rings. The van der Waals surface area contributed by atoms with E-state index in [2.05, 4.69) is 20.8 Å². The molecule has 9 nitrogen and oxygen atoms in total. The van der Waals surface area contributed by atoms with Gasteiger partial charge in [-0.25, -0.2) is 4.79 Å². The standard InChI is InChI=1S/C16H22ClN5O4/c1-10(15(24)19-16(25)18-11-5-3-4-6-11)26-14(23)9-22(2)13-8-7-12(17)20-21-13/h7-8,10-11H,3-6,9H2,1-2H3,(H2,18,19,24,25). The van der Waals surface area contributed by atoms with E-state index >= 15 is 0 Å². The second kappa shape index (κ2) is 9.33. The van der Waals surface area contributed by atoms with Gasteiger partial charge in [-0.05, 0) is 31.9 Å². The van der Waals surface area contributed by atoms with Crippen molar-refractivity contribution in [3.63, 3.8) is 0 Å². The van der Waals surface area contributed by atoms with Crippen molar-refractivity contribution < 1.29 is 19.1 Å². The topological polar surface area (TPSA) is 114 Å². The number of nitrogens with zero attached hydrogens (tertiary/aromatic N) is 3. The van der Waals surface area contributed by atoms with E-state index in [4.69, 9.17) is 16.3 Å². The number of amides is 3. The summed E-state index contributed by atoms with van der Waals surface area (Å²) in [5.74, 6) is -0.884. The molecule has 26 heavy (non-hydrogen) atoms. The SMILES string of the molecule is CC(OC(=O)CN(C)c1ccc(Cl)nn1)C(=O)NC(=O)NC1CCCC1. The molecule has 1 aromatic heterocycles. The molecule has 1 fully saturated rings. The fourth-order valence-electron chi connectivity index (χ4n) is 2.58. The summed E-state index contributed by atoms with van der Waals surface area (Å²) in [5, 5.41) is 12.7. The number of carbonyl (C=O) groups is 3. The summed E-state index contributed by atoms with van der Waals surface area (Å²) in [6, 6.07) is 2.67. The highest BCUT2D eigenvalue weighted by molar-refractivity contribution is 6.29. The largest absolute Gasteiger partial charge is 0.451 e.